The zero-order valence-corrected chi connectivity index (χ0v) is 11.2. The first kappa shape index (κ1) is 12.7. The molecule has 7 heteroatoms. The summed E-state index contributed by atoms with van der Waals surface area (Å²) in [6, 6.07) is 0.0155. The minimum atomic E-state index is 0.0155. The molecule has 0 aliphatic carbocycles. The lowest BCUT2D eigenvalue weighted by atomic mass is 9.99. The average Bonchev–Trinajstić information content (AvgIpc) is 2.56. The highest BCUT2D eigenvalue weighted by Gasteiger charge is 2.31. The number of hydrogen-bond donors (Lipinski definition) is 2. The fourth-order valence-electron chi connectivity index (χ4n) is 1.62. The van der Waals surface area contributed by atoms with Gasteiger partial charge in [0.2, 0.25) is 5.91 Å². The number of aliphatic hydroxyl groups excluding tert-OH is 1. The van der Waals surface area contributed by atoms with Crippen LogP contribution in [0.15, 0.2) is 0 Å². The van der Waals surface area contributed by atoms with Crippen LogP contribution >= 0.6 is 26.7 Å². The van der Waals surface area contributed by atoms with Crippen LogP contribution in [0.3, 0.4) is 0 Å². The highest BCUT2D eigenvalue weighted by atomic mass is 32.0. The Balaban J connectivity index is 2.43. The highest BCUT2D eigenvalue weighted by molar-refractivity contribution is 8.01. The fourth-order valence-corrected chi connectivity index (χ4v) is 3.20. The number of amides is 1. The van der Waals surface area contributed by atoms with E-state index in [1.807, 2.05) is 4.67 Å². The van der Waals surface area contributed by atoms with Gasteiger partial charge in [-0.25, -0.2) is 0 Å². The van der Waals surface area contributed by atoms with Crippen molar-refractivity contribution >= 4 is 32.6 Å². The van der Waals surface area contributed by atoms with Crippen LogP contribution < -0.4 is 5.09 Å². The topological polar surface area (TPSA) is 52.6 Å². The Morgan fingerprint density at radius 2 is 2.50 bits per heavy atom. The van der Waals surface area contributed by atoms with Gasteiger partial charge in [-0.1, -0.05) is 18.3 Å². The summed E-state index contributed by atoms with van der Waals surface area (Å²) in [7, 11) is 5.47. The van der Waals surface area contributed by atoms with Gasteiger partial charge in [0.1, 0.15) is 0 Å². The Kier molecular flexibility index (Phi) is 5.74. The molecule has 0 aromatic rings. The van der Waals surface area contributed by atoms with Crippen LogP contribution in [-0.2, 0) is 4.79 Å². The van der Waals surface area contributed by atoms with Gasteiger partial charge >= 0.3 is 0 Å². The number of rotatable bonds is 5. The Bertz CT molecular complexity index is 201. The molecule has 1 aliphatic heterocycles. The number of aliphatic hydroxyl groups is 1. The Morgan fingerprint density at radius 3 is 2.93 bits per heavy atom. The van der Waals surface area contributed by atoms with Gasteiger partial charge < -0.3 is 9.78 Å². The first-order chi connectivity index (χ1) is 6.72. The largest absolute Gasteiger partial charge is 0.395 e. The maximum atomic E-state index is 11.7. The van der Waals surface area contributed by atoms with Crippen LogP contribution in [0, 0.1) is 5.92 Å². The van der Waals surface area contributed by atoms with E-state index in [2.05, 4.69) is 23.4 Å². The predicted octanol–water partition coefficient (Wildman–Crippen LogP) is 0.349. The lowest BCUT2D eigenvalue weighted by Crippen LogP contribution is -2.30. The van der Waals surface area contributed by atoms with E-state index in [0.29, 0.717) is 8.42 Å². The first-order valence-corrected chi connectivity index (χ1v) is 7.91. The van der Waals surface area contributed by atoms with Crippen LogP contribution in [0.4, 0.5) is 0 Å². The average molecular weight is 254 g/mol. The van der Waals surface area contributed by atoms with Crippen molar-refractivity contribution in [3.05, 3.63) is 0 Å². The van der Waals surface area contributed by atoms with Crippen LogP contribution in [0.2, 0.25) is 0 Å². The molecule has 1 saturated heterocycles. The van der Waals surface area contributed by atoms with Gasteiger partial charge in [0.05, 0.1) is 6.61 Å². The van der Waals surface area contributed by atoms with Gasteiger partial charge in [-0.05, 0) is 21.3 Å². The Labute approximate surface area is 90.8 Å². The molecule has 0 aromatic heterocycles. The normalized spacial score (nSPS) is 25.2. The summed E-state index contributed by atoms with van der Waals surface area (Å²) in [6.45, 7) is 0.941. The van der Waals surface area contributed by atoms with Gasteiger partial charge in [-0.3, -0.25) is 9.88 Å². The number of nitrogens with one attached hydrogen (secondary N) is 1. The van der Waals surface area contributed by atoms with Crippen molar-refractivity contribution < 1.29 is 9.90 Å². The minimum absolute atomic E-state index is 0.0155. The quantitative estimate of drug-likeness (QED) is 0.696. The van der Waals surface area contributed by atoms with Crippen molar-refractivity contribution in [1.29, 1.82) is 0 Å². The molecule has 0 radical (unpaired) electrons. The third-order valence-electron chi connectivity index (χ3n) is 2.50. The van der Waals surface area contributed by atoms with Crippen molar-refractivity contribution in [3.63, 3.8) is 0 Å². The highest BCUT2D eigenvalue weighted by Crippen LogP contribution is 2.35. The number of nitrogens with zero attached hydrogens (tertiary/aromatic N) is 1. The monoisotopic (exact) mass is 254 g/mol. The number of carbonyl (C=O) groups is 1. The predicted molar refractivity (Wildman–Crippen MR) is 66.2 cm³/mol. The standard InChI is InChI=1S/C7H17N2O2P3/c10-4-6(8-12)3-5-1-2-9(14-13)7(5)11/h5-6,8,10,14H,1-4,12-13H2. The summed E-state index contributed by atoms with van der Waals surface area (Å²) >= 11 is 0. The maximum absolute atomic E-state index is 11.7. The molecule has 1 fully saturated rings. The molecule has 5 unspecified atom stereocenters. The summed E-state index contributed by atoms with van der Waals surface area (Å²) in [6.07, 6.45) is 1.65. The van der Waals surface area contributed by atoms with E-state index in [1.54, 1.807) is 0 Å². The van der Waals surface area contributed by atoms with Crippen LogP contribution in [0.25, 0.3) is 0 Å². The summed E-state index contributed by atoms with van der Waals surface area (Å²) < 4.78 is 1.87. The molecule has 0 spiro atoms. The van der Waals surface area contributed by atoms with Crippen molar-refractivity contribution in [2.45, 2.75) is 18.9 Å². The summed E-state index contributed by atoms with van der Waals surface area (Å²) in [4.78, 5) is 11.7. The van der Waals surface area contributed by atoms with Crippen molar-refractivity contribution in [1.82, 2.24) is 9.76 Å². The van der Waals surface area contributed by atoms with Crippen LogP contribution in [-0.4, -0.2) is 34.9 Å². The van der Waals surface area contributed by atoms with Crippen molar-refractivity contribution in [3.8, 4) is 0 Å². The molecule has 2 N–H and O–H groups in total. The summed E-state index contributed by atoms with van der Waals surface area (Å²) in [5.41, 5.74) is 0. The van der Waals surface area contributed by atoms with Crippen LogP contribution in [0.5, 0.6) is 0 Å². The molecular formula is C7H17N2O2P3. The number of carbonyl (C=O) groups excluding carboxylic acids is 1. The first-order valence-electron chi connectivity index (χ1n) is 4.57. The molecule has 0 bridgehead atoms. The van der Waals surface area contributed by atoms with Gasteiger partial charge in [0, 0.05) is 18.5 Å². The van der Waals surface area contributed by atoms with E-state index < -0.39 is 0 Å². The van der Waals surface area contributed by atoms with Gasteiger partial charge in [0.25, 0.3) is 0 Å². The molecule has 82 valence electrons. The summed E-state index contributed by atoms with van der Waals surface area (Å²) in [5, 5.41) is 11.9. The smallest absolute Gasteiger partial charge is 0.229 e. The molecule has 0 aromatic carbocycles. The second-order valence-electron chi connectivity index (χ2n) is 3.39. The van der Waals surface area contributed by atoms with Gasteiger partial charge in [0.15, 0.2) is 0 Å². The molecule has 4 nitrogen and oxygen atoms in total. The minimum Gasteiger partial charge on any atom is -0.395 e. The molecule has 1 aliphatic rings. The van der Waals surface area contributed by atoms with Gasteiger partial charge in [-0.15, -0.1) is 0 Å². The van der Waals surface area contributed by atoms with Crippen molar-refractivity contribution in [2.24, 2.45) is 5.92 Å². The van der Waals surface area contributed by atoms with Crippen molar-refractivity contribution in [2.75, 3.05) is 13.2 Å². The summed E-state index contributed by atoms with van der Waals surface area (Å²) in [5.74, 6) is 0.324. The molecule has 1 heterocycles. The second kappa shape index (κ2) is 6.30. The molecule has 1 amide bonds. The van der Waals surface area contributed by atoms with E-state index in [9.17, 15) is 4.79 Å². The molecule has 14 heavy (non-hydrogen) atoms. The SMILES string of the molecule is O=C1C(CC(CO)NP)CCN1PP. The van der Waals surface area contributed by atoms with Crippen LogP contribution in [0.1, 0.15) is 12.8 Å². The Morgan fingerprint density at radius 1 is 1.79 bits per heavy atom. The van der Waals surface area contributed by atoms with Gasteiger partial charge in [-0.2, -0.15) is 0 Å². The molecule has 5 atom stereocenters. The third kappa shape index (κ3) is 3.08. The van der Waals surface area contributed by atoms with E-state index >= 15 is 0 Å². The zero-order chi connectivity index (χ0) is 10.6. The number of hydrogen-bond acceptors (Lipinski definition) is 3. The lowest BCUT2D eigenvalue weighted by Gasteiger charge is -2.17. The second-order valence-corrected chi connectivity index (χ2v) is 5.29. The van der Waals surface area contributed by atoms with E-state index in [0.717, 1.165) is 19.4 Å². The maximum Gasteiger partial charge on any atom is 0.229 e. The van der Waals surface area contributed by atoms with E-state index in [-0.39, 0.29) is 24.5 Å². The van der Waals surface area contributed by atoms with E-state index in [4.69, 9.17) is 5.11 Å². The molecular weight excluding hydrogens is 237 g/mol. The molecule has 1 rings (SSSR count). The fraction of sp³-hybridized carbons (Fsp3) is 0.857. The van der Waals surface area contributed by atoms with E-state index in [1.165, 1.54) is 0 Å². The molecule has 0 saturated carbocycles. The lowest BCUT2D eigenvalue weighted by molar-refractivity contribution is -0.127. The third-order valence-corrected chi connectivity index (χ3v) is 4.66. The Hall–Kier alpha value is 0.680. The zero-order valence-electron chi connectivity index (χ0n) is 7.94.